The highest BCUT2D eigenvalue weighted by Crippen LogP contribution is 2.22. The van der Waals surface area contributed by atoms with Gasteiger partial charge in [0.2, 0.25) is 0 Å². The topological polar surface area (TPSA) is 103 Å². The van der Waals surface area contributed by atoms with Crippen LogP contribution in [0.1, 0.15) is 27.8 Å². The van der Waals surface area contributed by atoms with Gasteiger partial charge < -0.3 is 10.1 Å². The standard InChI is InChI=1S/C19H16N6O3/c1-2-28-19(27)14-12-21-25(13-7-4-3-5-8-13)17(14)22-18(26)15-11-16-20-9-6-10-24(16)23-15/h3-12H,2H2,1H3,(H,22,26). The number of hydrogen-bond donors (Lipinski definition) is 1. The van der Waals surface area contributed by atoms with E-state index in [1.807, 2.05) is 30.3 Å². The number of rotatable bonds is 5. The molecule has 0 atom stereocenters. The van der Waals surface area contributed by atoms with Crippen LogP contribution in [0.3, 0.4) is 0 Å². The van der Waals surface area contributed by atoms with Crippen LogP contribution in [0.25, 0.3) is 11.3 Å². The lowest BCUT2D eigenvalue weighted by Crippen LogP contribution is -2.18. The highest BCUT2D eigenvalue weighted by atomic mass is 16.5. The van der Waals surface area contributed by atoms with E-state index in [1.165, 1.54) is 15.4 Å². The van der Waals surface area contributed by atoms with Crippen LogP contribution in [-0.4, -0.2) is 42.9 Å². The predicted molar refractivity (Wildman–Crippen MR) is 100 cm³/mol. The molecule has 0 unspecified atom stereocenters. The van der Waals surface area contributed by atoms with Crippen molar-refractivity contribution in [1.29, 1.82) is 0 Å². The van der Waals surface area contributed by atoms with Crippen molar-refractivity contribution in [3.05, 3.63) is 72.3 Å². The van der Waals surface area contributed by atoms with Crippen LogP contribution in [0.4, 0.5) is 5.82 Å². The first kappa shape index (κ1) is 17.4. The molecule has 3 aromatic heterocycles. The molecule has 1 aromatic carbocycles. The number of nitrogens with one attached hydrogen (secondary N) is 1. The van der Waals surface area contributed by atoms with Gasteiger partial charge in [0.25, 0.3) is 5.91 Å². The largest absolute Gasteiger partial charge is 0.462 e. The van der Waals surface area contributed by atoms with E-state index in [4.69, 9.17) is 4.74 Å². The number of aromatic nitrogens is 5. The third-order valence-electron chi connectivity index (χ3n) is 3.97. The molecule has 0 spiro atoms. The van der Waals surface area contributed by atoms with Gasteiger partial charge in [0, 0.05) is 18.5 Å². The zero-order valence-corrected chi connectivity index (χ0v) is 14.9. The number of nitrogens with zero attached hydrogens (tertiary/aromatic N) is 5. The summed E-state index contributed by atoms with van der Waals surface area (Å²) in [5.74, 6) is -0.856. The molecule has 0 bridgehead atoms. The van der Waals surface area contributed by atoms with E-state index >= 15 is 0 Å². The Morgan fingerprint density at radius 2 is 2.00 bits per heavy atom. The molecule has 4 aromatic rings. The molecule has 9 heteroatoms. The SMILES string of the molecule is CCOC(=O)c1cnn(-c2ccccc2)c1NC(=O)c1cc2ncccn2n1. The van der Waals surface area contributed by atoms with E-state index in [0.717, 1.165) is 0 Å². The summed E-state index contributed by atoms with van der Waals surface area (Å²) < 4.78 is 8.05. The molecule has 0 radical (unpaired) electrons. The summed E-state index contributed by atoms with van der Waals surface area (Å²) in [6.07, 6.45) is 4.67. The highest BCUT2D eigenvalue weighted by molar-refractivity contribution is 6.07. The van der Waals surface area contributed by atoms with Gasteiger partial charge in [-0.15, -0.1) is 0 Å². The van der Waals surface area contributed by atoms with Gasteiger partial charge in [0.1, 0.15) is 5.56 Å². The summed E-state index contributed by atoms with van der Waals surface area (Å²) in [6.45, 7) is 1.92. The fourth-order valence-electron chi connectivity index (χ4n) is 2.70. The highest BCUT2D eigenvalue weighted by Gasteiger charge is 2.23. The summed E-state index contributed by atoms with van der Waals surface area (Å²) in [7, 11) is 0. The summed E-state index contributed by atoms with van der Waals surface area (Å²) in [5.41, 5.74) is 1.54. The van der Waals surface area contributed by atoms with Crippen LogP contribution in [0, 0.1) is 0 Å². The number of ether oxygens (including phenoxy) is 1. The monoisotopic (exact) mass is 376 g/mol. The van der Waals surface area contributed by atoms with Gasteiger partial charge in [-0.2, -0.15) is 10.2 Å². The van der Waals surface area contributed by atoms with E-state index in [-0.39, 0.29) is 23.7 Å². The zero-order valence-electron chi connectivity index (χ0n) is 14.9. The third kappa shape index (κ3) is 3.20. The van der Waals surface area contributed by atoms with E-state index < -0.39 is 11.9 Å². The Morgan fingerprint density at radius 1 is 1.18 bits per heavy atom. The van der Waals surface area contributed by atoms with E-state index in [0.29, 0.717) is 11.3 Å². The fraction of sp³-hybridized carbons (Fsp3) is 0.105. The Balaban J connectivity index is 1.73. The number of para-hydroxylation sites is 1. The third-order valence-corrected chi connectivity index (χ3v) is 3.97. The molecule has 0 aliphatic rings. The van der Waals surface area contributed by atoms with Gasteiger partial charge in [-0.25, -0.2) is 19.0 Å². The average molecular weight is 376 g/mol. The maximum absolute atomic E-state index is 12.8. The van der Waals surface area contributed by atoms with Crippen LogP contribution < -0.4 is 5.32 Å². The van der Waals surface area contributed by atoms with Crippen LogP contribution in [0.2, 0.25) is 0 Å². The zero-order chi connectivity index (χ0) is 19.5. The van der Waals surface area contributed by atoms with Gasteiger partial charge in [0.15, 0.2) is 17.2 Å². The molecule has 140 valence electrons. The molecule has 28 heavy (non-hydrogen) atoms. The number of hydrogen-bond acceptors (Lipinski definition) is 6. The molecule has 0 aliphatic carbocycles. The second kappa shape index (κ2) is 7.31. The number of amides is 1. The van der Waals surface area contributed by atoms with Crippen molar-refractivity contribution in [2.45, 2.75) is 6.92 Å². The average Bonchev–Trinajstić information content (AvgIpc) is 3.33. The molecule has 1 N–H and O–H groups in total. The van der Waals surface area contributed by atoms with E-state index in [1.54, 1.807) is 31.5 Å². The van der Waals surface area contributed by atoms with Crippen molar-refractivity contribution in [2.24, 2.45) is 0 Å². The number of carbonyl (C=O) groups excluding carboxylic acids is 2. The fourth-order valence-corrected chi connectivity index (χ4v) is 2.70. The van der Waals surface area contributed by atoms with E-state index in [2.05, 4.69) is 20.5 Å². The van der Waals surface area contributed by atoms with Gasteiger partial charge in [-0.05, 0) is 25.1 Å². The Labute approximate surface area is 159 Å². The second-order valence-electron chi connectivity index (χ2n) is 5.78. The van der Waals surface area contributed by atoms with Gasteiger partial charge in [-0.1, -0.05) is 18.2 Å². The summed E-state index contributed by atoms with van der Waals surface area (Å²) in [5, 5.41) is 11.2. The van der Waals surface area contributed by atoms with Crippen LogP contribution in [0.15, 0.2) is 61.1 Å². The number of benzene rings is 1. The molecule has 0 saturated carbocycles. The predicted octanol–water partition coefficient (Wildman–Crippen LogP) is 2.34. The first-order valence-corrected chi connectivity index (χ1v) is 8.59. The molecule has 9 nitrogen and oxygen atoms in total. The van der Waals surface area contributed by atoms with Gasteiger partial charge in [0.05, 0.1) is 18.5 Å². The minimum Gasteiger partial charge on any atom is -0.462 e. The molecular formula is C19H16N6O3. The summed E-state index contributed by atoms with van der Waals surface area (Å²) in [4.78, 5) is 29.2. The normalized spacial score (nSPS) is 10.8. The quantitative estimate of drug-likeness (QED) is 0.536. The molecule has 4 rings (SSSR count). The van der Waals surface area contributed by atoms with Crippen molar-refractivity contribution in [2.75, 3.05) is 11.9 Å². The lowest BCUT2D eigenvalue weighted by Gasteiger charge is -2.10. The maximum atomic E-state index is 12.8. The van der Waals surface area contributed by atoms with Crippen molar-refractivity contribution in [3.63, 3.8) is 0 Å². The lowest BCUT2D eigenvalue weighted by molar-refractivity contribution is 0.0527. The Kier molecular flexibility index (Phi) is 4.55. The van der Waals surface area contributed by atoms with Crippen molar-refractivity contribution in [3.8, 4) is 5.69 Å². The summed E-state index contributed by atoms with van der Waals surface area (Å²) >= 11 is 0. The van der Waals surface area contributed by atoms with Crippen LogP contribution in [-0.2, 0) is 4.74 Å². The minimum atomic E-state index is -0.573. The number of fused-ring (bicyclic) bond motifs is 1. The number of carbonyl (C=O) groups is 2. The van der Waals surface area contributed by atoms with Crippen LogP contribution in [0.5, 0.6) is 0 Å². The van der Waals surface area contributed by atoms with Crippen molar-refractivity contribution < 1.29 is 14.3 Å². The molecular weight excluding hydrogens is 360 g/mol. The molecule has 0 fully saturated rings. The first-order chi connectivity index (χ1) is 13.7. The Bertz CT molecular complexity index is 1120. The maximum Gasteiger partial charge on any atom is 0.343 e. The molecule has 0 aliphatic heterocycles. The first-order valence-electron chi connectivity index (χ1n) is 8.59. The smallest absolute Gasteiger partial charge is 0.343 e. The van der Waals surface area contributed by atoms with Gasteiger partial charge in [-0.3, -0.25) is 4.79 Å². The lowest BCUT2D eigenvalue weighted by atomic mass is 10.3. The van der Waals surface area contributed by atoms with E-state index in [9.17, 15) is 9.59 Å². The second-order valence-corrected chi connectivity index (χ2v) is 5.78. The number of anilines is 1. The molecule has 3 heterocycles. The van der Waals surface area contributed by atoms with Gasteiger partial charge >= 0.3 is 5.97 Å². The minimum absolute atomic E-state index is 0.154. The Hall–Kier alpha value is -4.01. The van der Waals surface area contributed by atoms with Crippen LogP contribution >= 0.6 is 0 Å². The van der Waals surface area contributed by atoms with Crippen molar-refractivity contribution >= 4 is 23.3 Å². The summed E-state index contributed by atoms with van der Waals surface area (Å²) in [6, 6.07) is 12.4. The Morgan fingerprint density at radius 3 is 2.75 bits per heavy atom. The van der Waals surface area contributed by atoms with Crippen molar-refractivity contribution in [1.82, 2.24) is 24.4 Å². The molecule has 0 saturated heterocycles. The molecule has 1 amide bonds. The number of esters is 1.